The lowest BCUT2D eigenvalue weighted by Gasteiger charge is -2.30. The van der Waals surface area contributed by atoms with Crippen molar-refractivity contribution in [1.82, 2.24) is 10.3 Å². The second-order valence-corrected chi connectivity index (χ2v) is 10.9. The number of methoxy groups -OCH3 is 1. The van der Waals surface area contributed by atoms with Crippen LogP contribution in [0.25, 0.3) is 0 Å². The van der Waals surface area contributed by atoms with Crippen LogP contribution in [0.2, 0.25) is 0 Å². The van der Waals surface area contributed by atoms with Gasteiger partial charge in [-0.05, 0) is 50.8 Å². The molecule has 1 aromatic carbocycles. The molecule has 1 aliphatic rings. The van der Waals surface area contributed by atoms with Crippen molar-refractivity contribution in [3.8, 4) is 5.88 Å². The van der Waals surface area contributed by atoms with Crippen LogP contribution in [0.3, 0.4) is 0 Å². The highest BCUT2D eigenvalue weighted by Crippen LogP contribution is 2.50. The summed E-state index contributed by atoms with van der Waals surface area (Å²) in [5.41, 5.74) is 2.08. The summed E-state index contributed by atoms with van der Waals surface area (Å²) in [5, 5.41) is 2.72. The summed E-state index contributed by atoms with van der Waals surface area (Å²) in [4.78, 5) is 29.0. The number of aryl methyl sites for hydroxylation is 2. The van der Waals surface area contributed by atoms with Gasteiger partial charge in [0.25, 0.3) is 0 Å². The van der Waals surface area contributed by atoms with Gasteiger partial charge in [0.15, 0.2) is 0 Å². The molecular weight excluding hydrogens is 470 g/mol. The molecule has 2 aromatic rings. The summed E-state index contributed by atoms with van der Waals surface area (Å²) < 4.78 is 37.5. The lowest BCUT2D eigenvalue weighted by Crippen LogP contribution is -2.40. The highest BCUT2D eigenvalue weighted by Gasteiger charge is 2.51. The van der Waals surface area contributed by atoms with E-state index in [9.17, 15) is 18.0 Å². The first-order chi connectivity index (χ1) is 16.4. The van der Waals surface area contributed by atoms with Crippen LogP contribution in [-0.4, -0.2) is 52.2 Å². The van der Waals surface area contributed by atoms with Crippen LogP contribution in [0.1, 0.15) is 54.4 Å². The minimum absolute atomic E-state index is 0.149. The van der Waals surface area contributed by atoms with E-state index >= 15 is 0 Å². The number of nitrogens with one attached hydrogen (secondary N) is 1. The van der Waals surface area contributed by atoms with Crippen LogP contribution in [0, 0.1) is 13.8 Å². The number of amides is 1. The quantitative estimate of drug-likeness (QED) is 0.413. The average Bonchev–Trinajstić information content (AvgIpc) is 3.09. The topological polar surface area (TPSA) is 115 Å². The Kier molecular flexibility index (Phi) is 7.74. The Bertz CT molecular complexity index is 1210. The number of sulfonamides is 1. The molecule has 1 aromatic heterocycles. The molecule has 0 radical (unpaired) electrons. The normalized spacial score (nSPS) is 19.0. The van der Waals surface area contributed by atoms with E-state index < -0.39 is 21.5 Å². The molecule has 0 saturated carbocycles. The molecule has 2 unspecified atom stereocenters. The maximum atomic E-state index is 13.0. The average molecular weight is 504 g/mol. The Morgan fingerprint density at radius 3 is 2.43 bits per heavy atom. The lowest BCUT2D eigenvalue weighted by atomic mass is 9.79. The molecule has 35 heavy (non-hydrogen) atoms. The van der Waals surface area contributed by atoms with Gasteiger partial charge in [0, 0.05) is 25.6 Å². The summed E-state index contributed by atoms with van der Waals surface area (Å²) >= 11 is 0. The number of nitrogens with zero attached hydrogens (tertiary/aromatic N) is 2. The summed E-state index contributed by atoms with van der Waals surface area (Å²) in [7, 11) is -0.772. The van der Waals surface area contributed by atoms with Crippen molar-refractivity contribution in [3.05, 3.63) is 52.6 Å². The van der Waals surface area contributed by atoms with E-state index in [0.29, 0.717) is 24.0 Å². The zero-order valence-electron chi connectivity index (χ0n) is 21.0. The second-order valence-electron chi connectivity index (χ2n) is 9.01. The summed E-state index contributed by atoms with van der Waals surface area (Å²) in [6.07, 6.45) is 2.25. The predicted octanol–water partition coefficient (Wildman–Crippen LogP) is 2.95. The molecule has 9 nitrogen and oxygen atoms in total. The zero-order valence-corrected chi connectivity index (χ0v) is 21.9. The molecule has 0 fully saturated rings. The van der Waals surface area contributed by atoms with Crippen molar-refractivity contribution in [2.75, 3.05) is 31.3 Å². The van der Waals surface area contributed by atoms with E-state index in [-0.39, 0.29) is 36.5 Å². The van der Waals surface area contributed by atoms with Crippen LogP contribution in [0.4, 0.5) is 5.82 Å². The fraction of sp³-hybridized carbons (Fsp3) is 0.480. The minimum Gasteiger partial charge on any atom is -0.469 e. The van der Waals surface area contributed by atoms with E-state index in [0.717, 1.165) is 17.4 Å². The molecule has 1 aliphatic heterocycles. The number of carbonyl (C=O) groups is 2. The van der Waals surface area contributed by atoms with Gasteiger partial charge in [-0.25, -0.2) is 8.42 Å². The predicted molar refractivity (Wildman–Crippen MR) is 133 cm³/mol. The first-order valence-corrected chi connectivity index (χ1v) is 13.3. The first-order valence-electron chi connectivity index (χ1n) is 11.5. The van der Waals surface area contributed by atoms with Crippen molar-refractivity contribution in [3.63, 3.8) is 0 Å². The third kappa shape index (κ3) is 5.42. The highest BCUT2D eigenvalue weighted by molar-refractivity contribution is 7.92. The van der Waals surface area contributed by atoms with Gasteiger partial charge in [-0.2, -0.15) is 4.98 Å². The van der Waals surface area contributed by atoms with Gasteiger partial charge < -0.3 is 14.8 Å². The Morgan fingerprint density at radius 2 is 1.86 bits per heavy atom. The van der Waals surface area contributed by atoms with Crippen molar-refractivity contribution in [1.29, 1.82) is 0 Å². The van der Waals surface area contributed by atoms with Crippen LogP contribution >= 0.6 is 0 Å². The first kappa shape index (κ1) is 26.5. The van der Waals surface area contributed by atoms with E-state index in [2.05, 4.69) is 15.0 Å². The zero-order chi connectivity index (χ0) is 26.0. The van der Waals surface area contributed by atoms with Crippen LogP contribution < -0.4 is 14.4 Å². The van der Waals surface area contributed by atoms with Crippen LogP contribution in [0.15, 0.2) is 30.3 Å². The Hall–Kier alpha value is -3.14. The maximum Gasteiger partial charge on any atom is 0.305 e. The number of aromatic nitrogens is 1. The number of ether oxygens (including phenoxy) is 2. The number of esters is 1. The second kappa shape index (κ2) is 10.2. The van der Waals surface area contributed by atoms with E-state index in [1.165, 1.54) is 11.4 Å². The summed E-state index contributed by atoms with van der Waals surface area (Å²) in [5.74, 6) is -0.758. The molecule has 0 spiro atoms. The minimum atomic E-state index is -3.66. The maximum absolute atomic E-state index is 13.0. The highest BCUT2D eigenvalue weighted by atomic mass is 32.2. The van der Waals surface area contributed by atoms with Gasteiger partial charge in [-0.15, -0.1) is 0 Å². The van der Waals surface area contributed by atoms with Crippen LogP contribution in [0.5, 0.6) is 5.88 Å². The Morgan fingerprint density at radius 1 is 1.20 bits per heavy atom. The van der Waals surface area contributed by atoms with Crippen molar-refractivity contribution in [2.24, 2.45) is 0 Å². The number of fused-ring (bicyclic) bond motifs is 1. The standard InChI is InChI=1S/C25H33N3O6S/c1-16-10-12-18(13-11-16)25(3)21(23(30)26-4)19-15-17(2)22(27-24(19)34-25)28(35(6,31)32)14-8-7-9-20(29)33-5/h10-13,15,21H,7-9,14H2,1-6H3,(H,26,30). The molecule has 0 saturated heterocycles. The molecule has 10 heteroatoms. The number of likely N-dealkylation sites (N-methyl/N-ethyl adjacent to an activating group) is 1. The fourth-order valence-electron chi connectivity index (χ4n) is 4.41. The van der Waals surface area contributed by atoms with Gasteiger partial charge in [-0.1, -0.05) is 29.8 Å². The molecule has 1 N–H and O–H groups in total. The van der Waals surface area contributed by atoms with Crippen molar-refractivity contribution >= 4 is 27.7 Å². The Labute approximate surface area is 206 Å². The number of anilines is 1. The summed E-state index contributed by atoms with van der Waals surface area (Å²) in [6.45, 7) is 5.73. The molecule has 0 bridgehead atoms. The van der Waals surface area contributed by atoms with E-state index in [1.807, 2.05) is 38.1 Å². The molecule has 0 aliphatic carbocycles. The van der Waals surface area contributed by atoms with Gasteiger partial charge in [-0.3, -0.25) is 13.9 Å². The molecule has 190 valence electrons. The van der Waals surface area contributed by atoms with Crippen molar-refractivity contribution < 1.29 is 27.5 Å². The molecular formula is C25H33N3O6S. The molecule has 1 amide bonds. The largest absolute Gasteiger partial charge is 0.469 e. The van der Waals surface area contributed by atoms with Gasteiger partial charge in [0.05, 0.1) is 13.4 Å². The smallest absolute Gasteiger partial charge is 0.305 e. The number of carbonyl (C=O) groups excluding carboxylic acids is 2. The molecule has 2 heterocycles. The van der Waals surface area contributed by atoms with Gasteiger partial charge in [0.1, 0.15) is 17.3 Å². The lowest BCUT2D eigenvalue weighted by molar-refractivity contribution is -0.140. The third-order valence-corrected chi connectivity index (χ3v) is 7.50. The van der Waals surface area contributed by atoms with Crippen molar-refractivity contribution in [2.45, 2.75) is 51.6 Å². The van der Waals surface area contributed by atoms with Gasteiger partial charge in [0.2, 0.25) is 21.8 Å². The fourth-order valence-corrected chi connectivity index (χ4v) is 5.37. The number of hydrogen-bond acceptors (Lipinski definition) is 7. The number of benzene rings is 1. The molecule has 3 rings (SSSR count). The van der Waals surface area contributed by atoms with E-state index in [4.69, 9.17) is 4.74 Å². The monoisotopic (exact) mass is 503 g/mol. The number of pyridine rings is 1. The third-order valence-electron chi connectivity index (χ3n) is 6.34. The van der Waals surface area contributed by atoms with E-state index in [1.54, 1.807) is 20.0 Å². The number of unbranched alkanes of at least 4 members (excludes halogenated alkanes) is 1. The SMILES string of the molecule is CNC(=O)C1c2cc(C)c(N(CCCCC(=O)OC)S(C)(=O)=O)nc2OC1(C)c1ccc(C)cc1. The van der Waals surface area contributed by atoms with Gasteiger partial charge >= 0.3 is 5.97 Å². The van der Waals surface area contributed by atoms with Crippen LogP contribution in [-0.2, 0) is 30.0 Å². The number of rotatable bonds is 9. The number of hydrogen-bond donors (Lipinski definition) is 1. The Balaban J connectivity index is 2.01. The summed E-state index contributed by atoms with van der Waals surface area (Å²) in [6, 6.07) is 9.54. The molecule has 2 atom stereocenters.